The standard InChI is InChI=1S/C18H24N2O/c1-3-14-7-4-8-15-16(10-19-18(14)15)17(21)12-20-9-5-6-13(2)11-20/h4,7-8,10,13,19H,3,5-6,9,11-12H2,1-2H3. The van der Waals surface area contributed by atoms with E-state index in [1.165, 1.54) is 18.4 Å². The highest BCUT2D eigenvalue weighted by Crippen LogP contribution is 2.23. The molecule has 1 unspecified atom stereocenters. The van der Waals surface area contributed by atoms with Crippen molar-refractivity contribution in [2.24, 2.45) is 5.92 Å². The lowest BCUT2D eigenvalue weighted by atomic mass is 9.99. The number of hydrogen-bond donors (Lipinski definition) is 1. The van der Waals surface area contributed by atoms with Crippen LogP contribution in [0.15, 0.2) is 24.4 Å². The molecule has 1 aromatic heterocycles. The Balaban J connectivity index is 1.81. The number of aromatic amines is 1. The monoisotopic (exact) mass is 284 g/mol. The molecule has 1 aliphatic heterocycles. The van der Waals surface area contributed by atoms with Gasteiger partial charge in [-0.3, -0.25) is 9.69 Å². The van der Waals surface area contributed by atoms with Gasteiger partial charge in [0.1, 0.15) is 0 Å². The van der Waals surface area contributed by atoms with Crippen LogP contribution in [0.5, 0.6) is 0 Å². The lowest BCUT2D eigenvalue weighted by Crippen LogP contribution is -2.37. The number of carbonyl (C=O) groups is 1. The molecule has 1 fully saturated rings. The molecule has 1 aromatic carbocycles. The summed E-state index contributed by atoms with van der Waals surface area (Å²) < 4.78 is 0. The Morgan fingerprint density at radius 1 is 1.43 bits per heavy atom. The highest BCUT2D eigenvalue weighted by Gasteiger charge is 2.21. The average molecular weight is 284 g/mol. The van der Waals surface area contributed by atoms with Crippen LogP contribution in [0.25, 0.3) is 10.9 Å². The highest BCUT2D eigenvalue weighted by molar-refractivity contribution is 6.09. The SMILES string of the molecule is CCc1cccc2c(C(=O)CN3CCCC(C)C3)c[nH]c12. The Morgan fingerprint density at radius 2 is 2.29 bits per heavy atom. The van der Waals surface area contributed by atoms with E-state index >= 15 is 0 Å². The second kappa shape index (κ2) is 6.02. The van der Waals surface area contributed by atoms with Crippen molar-refractivity contribution >= 4 is 16.7 Å². The molecule has 0 saturated carbocycles. The normalized spacial score (nSPS) is 20.0. The summed E-state index contributed by atoms with van der Waals surface area (Å²) in [6, 6.07) is 6.23. The van der Waals surface area contributed by atoms with Crippen LogP contribution in [0.2, 0.25) is 0 Å². The molecular weight excluding hydrogens is 260 g/mol. The van der Waals surface area contributed by atoms with Gasteiger partial charge in [-0.15, -0.1) is 0 Å². The summed E-state index contributed by atoms with van der Waals surface area (Å²) in [6.45, 7) is 7.07. The van der Waals surface area contributed by atoms with Gasteiger partial charge in [0.25, 0.3) is 0 Å². The number of ketones is 1. The second-order valence-corrected chi connectivity index (χ2v) is 6.30. The molecule has 112 valence electrons. The van der Waals surface area contributed by atoms with E-state index in [-0.39, 0.29) is 5.78 Å². The number of likely N-dealkylation sites (tertiary alicyclic amines) is 1. The second-order valence-electron chi connectivity index (χ2n) is 6.30. The number of aryl methyl sites for hydroxylation is 1. The zero-order valence-electron chi connectivity index (χ0n) is 13.0. The Kier molecular flexibility index (Phi) is 4.11. The number of piperidine rings is 1. The molecule has 1 saturated heterocycles. The predicted molar refractivity (Wildman–Crippen MR) is 86.8 cm³/mol. The van der Waals surface area contributed by atoms with Crippen LogP contribution >= 0.6 is 0 Å². The molecule has 3 heteroatoms. The van der Waals surface area contributed by atoms with Crippen molar-refractivity contribution in [3.8, 4) is 0 Å². The Hall–Kier alpha value is -1.61. The Morgan fingerprint density at radius 3 is 3.05 bits per heavy atom. The summed E-state index contributed by atoms with van der Waals surface area (Å²) in [6.07, 6.45) is 5.37. The van der Waals surface area contributed by atoms with E-state index in [4.69, 9.17) is 0 Å². The largest absolute Gasteiger partial charge is 0.360 e. The van der Waals surface area contributed by atoms with Crippen LogP contribution in [0.3, 0.4) is 0 Å². The molecule has 2 heterocycles. The van der Waals surface area contributed by atoms with Gasteiger partial charge in [-0.05, 0) is 37.3 Å². The maximum absolute atomic E-state index is 12.6. The average Bonchev–Trinajstić information content (AvgIpc) is 2.91. The van der Waals surface area contributed by atoms with E-state index in [2.05, 4.69) is 41.9 Å². The van der Waals surface area contributed by atoms with Crippen LogP contribution in [-0.4, -0.2) is 35.3 Å². The lowest BCUT2D eigenvalue weighted by molar-refractivity contribution is 0.0894. The molecule has 3 nitrogen and oxygen atoms in total. The fourth-order valence-corrected chi connectivity index (χ4v) is 3.46. The number of fused-ring (bicyclic) bond motifs is 1. The fourth-order valence-electron chi connectivity index (χ4n) is 3.46. The van der Waals surface area contributed by atoms with Gasteiger partial charge in [-0.25, -0.2) is 0 Å². The highest BCUT2D eigenvalue weighted by atomic mass is 16.1. The molecule has 1 aliphatic rings. The zero-order chi connectivity index (χ0) is 14.8. The molecule has 0 spiro atoms. The third-order valence-electron chi connectivity index (χ3n) is 4.59. The van der Waals surface area contributed by atoms with Gasteiger partial charge in [0.05, 0.1) is 6.54 Å². The van der Waals surface area contributed by atoms with E-state index in [9.17, 15) is 4.79 Å². The first-order chi connectivity index (χ1) is 10.2. The molecule has 0 radical (unpaired) electrons. The number of Topliss-reactive ketones (excluding diaryl/α,β-unsaturated/α-hetero) is 1. The third kappa shape index (κ3) is 2.88. The van der Waals surface area contributed by atoms with Crippen LogP contribution in [0.1, 0.15) is 42.6 Å². The molecule has 0 aliphatic carbocycles. The van der Waals surface area contributed by atoms with Crippen LogP contribution in [0.4, 0.5) is 0 Å². The zero-order valence-corrected chi connectivity index (χ0v) is 13.0. The van der Waals surface area contributed by atoms with Crippen LogP contribution in [-0.2, 0) is 6.42 Å². The summed E-state index contributed by atoms with van der Waals surface area (Å²) in [7, 11) is 0. The number of carbonyl (C=O) groups excluding carboxylic acids is 1. The lowest BCUT2D eigenvalue weighted by Gasteiger charge is -2.30. The van der Waals surface area contributed by atoms with Crippen LogP contribution in [0, 0.1) is 5.92 Å². The molecular formula is C18H24N2O. The first kappa shape index (κ1) is 14.3. The number of rotatable bonds is 4. The number of nitrogens with one attached hydrogen (secondary N) is 1. The van der Waals surface area contributed by atoms with Gasteiger partial charge in [0.2, 0.25) is 0 Å². The van der Waals surface area contributed by atoms with Crippen molar-refractivity contribution < 1.29 is 4.79 Å². The maximum Gasteiger partial charge on any atom is 0.178 e. The minimum Gasteiger partial charge on any atom is -0.360 e. The maximum atomic E-state index is 12.6. The number of aromatic nitrogens is 1. The molecule has 1 atom stereocenters. The first-order valence-corrected chi connectivity index (χ1v) is 8.03. The topological polar surface area (TPSA) is 36.1 Å². The van der Waals surface area contributed by atoms with Crippen LogP contribution < -0.4 is 0 Å². The smallest absolute Gasteiger partial charge is 0.178 e. The molecule has 21 heavy (non-hydrogen) atoms. The van der Waals surface area contributed by atoms with E-state index < -0.39 is 0 Å². The Bertz CT molecular complexity index is 644. The van der Waals surface area contributed by atoms with Gasteiger partial charge in [0.15, 0.2) is 5.78 Å². The van der Waals surface area contributed by atoms with Crippen molar-refractivity contribution in [3.05, 3.63) is 35.5 Å². The summed E-state index contributed by atoms with van der Waals surface area (Å²) in [5, 5.41) is 1.07. The quantitative estimate of drug-likeness (QED) is 0.870. The molecule has 0 bridgehead atoms. The van der Waals surface area contributed by atoms with Crippen molar-refractivity contribution in [1.29, 1.82) is 0 Å². The van der Waals surface area contributed by atoms with E-state index in [0.717, 1.165) is 36.0 Å². The molecule has 3 rings (SSSR count). The van der Waals surface area contributed by atoms with Gasteiger partial charge in [-0.1, -0.05) is 32.0 Å². The third-order valence-corrected chi connectivity index (χ3v) is 4.59. The van der Waals surface area contributed by atoms with Crippen molar-refractivity contribution in [2.75, 3.05) is 19.6 Å². The summed E-state index contributed by atoms with van der Waals surface area (Å²) in [5.74, 6) is 0.949. The minimum absolute atomic E-state index is 0.239. The molecule has 0 amide bonds. The minimum atomic E-state index is 0.239. The summed E-state index contributed by atoms with van der Waals surface area (Å²) in [5.41, 5.74) is 3.24. The number of para-hydroxylation sites is 1. The fraction of sp³-hybridized carbons (Fsp3) is 0.500. The van der Waals surface area contributed by atoms with Gasteiger partial charge >= 0.3 is 0 Å². The van der Waals surface area contributed by atoms with E-state index in [0.29, 0.717) is 12.5 Å². The predicted octanol–water partition coefficient (Wildman–Crippen LogP) is 3.64. The van der Waals surface area contributed by atoms with Crippen molar-refractivity contribution in [2.45, 2.75) is 33.1 Å². The molecule has 2 aromatic rings. The van der Waals surface area contributed by atoms with E-state index in [1.54, 1.807) is 0 Å². The van der Waals surface area contributed by atoms with Gasteiger partial charge < -0.3 is 4.98 Å². The summed E-state index contributed by atoms with van der Waals surface area (Å²) >= 11 is 0. The number of hydrogen-bond acceptors (Lipinski definition) is 2. The van der Waals surface area contributed by atoms with Gasteiger partial charge in [-0.2, -0.15) is 0 Å². The number of benzene rings is 1. The van der Waals surface area contributed by atoms with Gasteiger partial charge in [0, 0.05) is 29.2 Å². The molecule has 1 N–H and O–H groups in total. The number of H-pyrrole nitrogens is 1. The Labute approximate surface area is 126 Å². The van der Waals surface area contributed by atoms with Crippen molar-refractivity contribution in [3.63, 3.8) is 0 Å². The first-order valence-electron chi connectivity index (χ1n) is 8.03. The number of nitrogens with zero attached hydrogens (tertiary/aromatic N) is 1. The van der Waals surface area contributed by atoms with E-state index in [1.807, 2.05) is 6.20 Å². The van der Waals surface area contributed by atoms with Crippen molar-refractivity contribution in [1.82, 2.24) is 9.88 Å². The summed E-state index contributed by atoms with van der Waals surface area (Å²) in [4.78, 5) is 18.2.